The molecule has 2 heterocycles. The number of aryl methyl sites for hydroxylation is 2. The highest BCUT2D eigenvalue weighted by molar-refractivity contribution is 5.70. The first kappa shape index (κ1) is 13.4. The monoisotopic (exact) mass is 269 g/mol. The molecule has 1 unspecified atom stereocenters. The van der Waals surface area contributed by atoms with Crippen molar-refractivity contribution < 1.29 is 0 Å². The first-order chi connectivity index (χ1) is 9.58. The van der Waals surface area contributed by atoms with Gasteiger partial charge in [-0.25, -0.2) is 4.98 Å². The van der Waals surface area contributed by atoms with E-state index in [-0.39, 0.29) is 0 Å². The van der Waals surface area contributed by atoms with Crippen LogP contribution in [-0.4, -0.2) is 23.1 Å². The summed E-state index contributed by atoms with van der Waals surface area (Å²) in [6, 6.07) is 2.27. The zero-order valence-corrected chi connectivity index (χ0v) is 12.8. The molecule has 1 fully saturated rings. The molecule has 2 N–H and O–H groups in total. The Balaban J connectivity index is 2.05. The lowest BCUT2D eigenvalue weighted by Gasteiger charge is -2.14. The van der Waals surface area contributed by atoms with Crippen LogP contribution in [0.1, 0.15) is 40.4 Å². The second-order valence-corrected chi connectivity index (χ2v) is 6.01. The number of rotatable bonds is 2. The predicted octanol–water partition coefficient (Wildman–Crippen LogP) is 3.39. The van der Waals surface area contributed by atoms with Gasteiger partial charge in [-0.3, -0.25) is 0 Å². The Morgan fingerprint density at radius 2 is 1.80 bits per heavy atom. The minimum Gasteiger partial charge on any atom is -0.342 e. The maximum atomic E-state index is 4.62. The van der Waals surface area contributed by atoms with Crippen LogP contribution in [-0.2, 0) is 0 Å². The summed E-state index contributed by atoms with van der Waals surface area (Å²) in [4.78, 5) is 8.18. The number of H-pyrrole nitrogens is 1. The van der Waals surface area contributed by atoms with E-state index in [1.165, 1.54) is 34.2 Å². The summed E-state index contributed by atoms with van der Waals surface area (Å²) in [5, 5.41) is 3.40. The van der Waals surface area contributed by atoms with Gasteiger partial charge in [0, 0.05) is 18.0 Å². The van der Waals surface area contributed by atoms with Gasteiger partial charge in [-0.1, -0.05) is 6.07 Å². The van der Waals surface area contributed by atoms with Crippen LogP contribution in [0.25, 0.3) is 11.3 Å². The van der Waals surface area contributed by atoms with Crippen LogP contribution in [0.2, 0.25) is 0 Å². The van der Waals surface area contributed by atoms with Crippen molar-refractivity contribution in [2.24, 2.45) is 0 Å². The van der Waals surface area contributed by atoms with Gasteiger partial charge in [-0.15, -0.1) is 0 Å². The summed E-state index contributed by atoms with van der Waals surface area (Å²) < 4.78 is 0. The van der Waals surface area contributed by atoms with Gasteiger partial charge >= 0.3 is 0 Å². The van der Waals surface area contributed by atoms with Crippen molar-refractivity contribution in [1.29, 1.82) is 0 Å². The van der Waals surface area contributed by atoms with Crippen molar-refractivity contribution in [2.45, 2.75) is 40.0 Å². The molecule has 0 saturated carbocycles. The van der Waals surface area contributed by atoms with Crippen molar-refractivity contribution >= 4 is 0 Å². The van der Waals surface area contributed by atoms with Gasteiger partial charge in [0.15, 0.2) is 0 Å². The average Bonchev–Trinajstić information content (AvgIpc) is 3.07. The van der Waals surface area contributed by atoms with Crippen LogP contribution in [0.3, 0.4) is 0 Å². The molecule has 0 amide bonds. The highest BCUT2D eigenvalue weighted by Crippen LogP contribution is 2.31. The molecule has 0 spiro atoms. The molecule has 3 rings (SSSR count). The number of aromatic nitrogens is 2. The quantitative estimate of drug-likeness (QED) is 0.877. The van der Waals surface area contributed by atoms with Gasteiger partial charge in [0.2, 0.25) is 0 Å². The van der Waals surface area contributed by atoms with Crippen LogP contribution in [0, 0.1) is 27.7 Å². The standard InChI is InChI=1S/C17H23N3/c1-10-7-11(2)13(4)16(12(10)3)15-9-19-17(20-15)14-5-6-18-8-14/h7,9,14,18H,5-6,8H2,1-4H3,(H,19,20). The first-order valence-corrected chi connectivity index (χ1v) is 7.41. The number of hydrogen-bond donors (Lipinski definition) is 2. The van der Waals surface area contributed by atoms with Crippen molar-refractivity contribution in [1.82, 2.24) is 15.3 Å². The number of aromatic amines is 1. The minimum absolute atomic E-state index is 0.537. The molecule has 2 aromatic rings. The molecule has 1 atom stereocenters. The molecule has 1 aromatic carbocycles. The number of nitrogens with one attached hydrogen (secondary N) is 2. The normalized spacial score (nSPS) is 18.7. The minimum atomic E-state index is 0.537. The molecular weight excluding hydrogens is 246 g/mol. The van der Waals surface area contributed by atoms with Crippen LogP contribution in [0.5, 0.6) is 0 Å². The Morgan fingerprint density at radius 1 is 1.10 bits per heavy atom. The second-order valence-electron chi connectivity index (χ2n) is 6.01. The molecule has 1 aliphatic heterocycles. The van der Waals surface area contributed by atoms with E-state index in [1.807, 2.05) is 6.20 Å². The van der Waals surface area contributed by atoms with Crippen molar-refractivity contribution in [3.63, 3.8) is 0 Å². The summed E-state index contributed by atoms with van der Waals surface area (Å²) in [5.41, 5.74) is 7.89. The van der Waals surface area contributed by atoms with Gasteiger partial charge < -0.3 is 10.3 Å². The van der Waals surface area contributed by atoms with Gasteiger partial charge in [0.05, 0.1) is 11.9 Å². The fraction of sp³-hybridized carbons (Fsp3) is 0.471. The molecular formula is C17H23N3. The maximum Gasteiger partial charge on any atom is 0.110 e. The van der Waals surface area contributed by atoms with Crippen molar-refractivity contribution in [3.05, 3.63) is 40.3 Å². The fourth-order valence-electron chi connectivity index (χ4n) is 3.18. The van der Waals surface area contributed by atoms with Crippen molar-refractivity contribution in [3.8, 4) is 11.3 Å². The van der Waals surface area contributed by atoms with E-state index in [9.17, 15) is 0 Å². The maximum absolute atomic E-state index is 4.62. The Labute approximate surface area is 120 Å². The summed E-state index contributed by atoms with van der Waals surface area (Å²) in [7, 11) is 0. The lowest BCUT2D eigenvalue weighted by molar-refractivity contribution is 0.714. The van der Waals surface area contributed by atoms with E-state index in [4.69, 9.17) is 0 Å². The summed E-state index contributed by atoms with van der Waals surface area (Å²) in [6.45, 7) is 10.9. The smallest absolute Gasteiger partial charge is 0.110 e. The Kier molecular flexibility index (Phi) is 3.38. The lowest BCUT2D eigenvalue weighted by atomic mass is 9.93. The largest absolute Gasteiger partial charge is 0.342 e. The van der Waals surface area contributed by atoms with Gasteiger partial charge in [0.1, 0.15) is 5.82 Å². The molecule has 0 aliphatic carbocycles. The van der Waals surface area contributed by atoms with Crippen LogP contribution in [0.15, 0.2) is 12.3 Å². The van der Waals surface area contributed by atoms with E-state index in [0.29, 0.717) is 5.92 Å². The van der Waals surface area contributed by atoms with E-state index in [1.54, 1.807) is 0 Å². The molecule has 0 bridgehead atoms. The predicted molar refractivity (Wildman–Crippen MR) is 83.2 cm³/mol. The van der Waals surface area contributed by atoms with Crippen molar-refractivity contribution in [2.75, 3.05) is 13.1 Å². The highest BCUT2D eigenvalue weighted by atomic mass is 15.0. The third-order valence-electron chi connectivity index (χ3n) is 4.68. The molecule has 1 saturated heterocycles. The SMILES string of the molecule is Cc1cc(C)c(C)c(-c2cnc(C3CCNC3)[nH]2)c1C. The fourth-order valence-corrected chi connectivity index (χ4v) is 3.18. The first-order valence-electron chi connectivity index (χ1n) is 7.41. The Morgan fingerprint density at radius 3 is 2.40 bits per heavy atom. The molecule has 106 valence electrons. The third kappa shape index (κ3) is 2.16. The number of nitrogens with zero attached hydrogens (tertiary/aromatic N) is 1. The molecule has 1 aromatic heterocycles. The number of benzene rings is 1. The molecule has 3 nitrogen and oxygen atoms in total. The Bertz CT molecular complexity index is 608. The lowest BCUT2D eigenvalue weighted by Crippen LogP contribution is -2.08. The summed E-state index contributed by atoms with van der Waals surface area (Å²) in [6.07, 6.45) is 3.18. The van der Waals surface area contributed by atoms with E-state index >= 15 is 0 Å². The van der Waals surface area contributed by atoms with Crippen LogP contribution in [0.4, 0.5) is 0 Å². The van der Waals surface area contributed by atoms with E-state index in [2.05, 4.69) is 49.0 Å². The Hall–Kier alpha value is -1.61. The van der Waals surface area contributed by atoms with E-state index < -0.39 is 0 Å². The average molecular weight is 269 g/mol. The summed E-state index contributed by atoms with van der Waals surface area (Å²) in [5.74, 6) is 1.67. The van der Waals surface area contributed by atoms with Gasteiger partial charge in [0.25, 0.3) is 0 Å². The molecule has 20 heavy (non-hydrogen) atoms. The molecule has 1 aliphatic rings. The molecule has 3 heteroatoms. The van der Waals surface area contributed by atoms with Gasteiger partial charge in [-0.05, 0) is 62.9 Å². The molecule has 0 radical (unpaired) electrons. The summed E-state index contributed by atoms with van der Waals surface area (Å²) >= 11 is 0. The van der Waals surface area contributed by atoms with Gasteiger partial charge in [-0.2, -0.15) is 0 Å². The highest BCUT2D eigenvalue weighted by Gasteiger charge is 2.20. The number of hydrogen-bond acceptors (Lipinski definition) is 2. The zero-order valence-electron chi connectivity index (χ0n) is 12.8. The van der Waals surface area contributed by atoms with Crippen LogP contribution >= 0.6 is 0 Å². The third-order valence-corrected chi connectivity index (χ3v) is 4.68. The van der Waals surface area contributed by atoms with Crippen LogP contribution < -0.4 is 5.32 Å². The topological polar surface area (TPSA) is 40.7 Å². The zero-order chi connectivity index (χ0) is 14.3. The second kappa shape index (κ2) is 5.06. The van der Waals surface area contributed by atoms with E-state index in [0.717, 1.165) is 24.6 Å². The number of imidazole rings is 1.